The third kappa shape index (κ3) is 2.34. The third-order valence-electron chi connectivity index (χ3n) is 2.71. The molecule has 0 aromatic carbocycles. The van der Waals surface area contributed by atoms with Crippen molar-refractivity contribution in [2.75, 3.05) is 13.1 Å². The van der Waals surface area contributed by atoms with Gasteiger partial charge in [-0.25, -0.2) is 0 Å². The molecule has 0 N–H and O–H groups in total. The van der Waals surface area contributed by atoms with Crippen molar-refractivity contribution in [3.63, 3.8) is 0 Å². The molecule has 0 aromatic rings. The van der Waals surface area contributed by atoms with Crippen LogP contribution >= 0.6 is 0 Å². The summed E-state index contributed by atoms with van der Waals surface area (Å²) in [6.07, 6.45) is 4.90. The van der Waals surface area contributed by atoms with E-state index in [0.29, 0.717) is 5.54 Å². The van der Waals surface area contributed by atoms with Crippen LogP contribution in [0.1, 0.15) is 40.5 Å². The van der Waals surface area contributed by atoms with E-state index in [0.717, 1.165) is 6.54 Å². The minimum atomic E-state index is 0.343. The Morgan fingerprint density at radius 3 is 2.42 bits per heavy atom. The average molecular weight is 167 g/mol. The predicted molar refractivity (Wildman–Crippen MR) is 54.3 cm³/mol. The van der Waals surface area contributed by atoms with Crippen molar-refractivity contribution < 1.29 is 0 Å². The molecule has 1 heteroatoms. The molecule has 0 bridgehead atoms. The van der Waals surface area contributed by atoms with Crippen LogP contribution in [-0.4, -0.2) is 23.5 Å². The summed E-state index contributed by atoms with van der Waals surface area (Å²) in [6, 6.07) is 0. The molecular weight excluding hydrogens is 146 g/mol. The van der Waals surface area contributed by atoms with Gasteiger partial charge in [-0.2, -0.15) is 0 Å². The lowest BCUT2D eigenvalue weighted by Crippen LogP contribution is -2.43. The summed E-state index contributed by atoms with van der Waals surface area (Å²) in [6.45, 7) is 11.5. The number of hydrogen-bond acceptors (Lipinski definition) is 1. The van der Waals surface area contributed by atoms with Gasteiger partial charge in [-0.05, 0) is 33.6 Å². The molecule has 0 saturated carbocycles. The van der Waals surface area contributed by atoms with Gasteiger partial charge in [-0.1, -0.05) is 18.6 Å². The zero-order valence-electron chi connectivity index (χ0n) is 8.85. The molecule has 0 radical (unpaired) electrons. The molecule has 70 valence electrons. The number of hydrogen-bond donors (Lipinski definition) is 0. The molecule has 0 amide bonds. The molecule has 0 aliphatic carbocycles. The largest absolute Gasteiger partial charge is 0.295 e. The van der Waals surface area contributed by atoms with Gasteiger partial charge in [0.05, 0.1) is 0 Å². The first-order chi connectivity index (χ1) is 5.54. The van der Waals surface area contributed by atoms with Crippen LogP contribution in [0.4, 0.5) is 0 Å². The Kier molecular flexibility index (Phi) is 2.94. The Morgan fingerprint density at radius 1 is 1.42 bits per heavy atom. The Labute approximate surface area is 76.5 Å². The van der Waals surface area contributed by atoms with Gasteiger partial charge < -0.3 is 0 Å². The van der Waals surface area contributed by atoms with Crippen LogP contribution in [0.15, 0.2) is 11.6 Å². The van der Waals surface area contributed by atoms with Crippen molar-refractivity contribution in [3.8, 4) is 0 Å². The Hall–Kier alpha value is -0.300. The number of nitrogens with zero attached hydrogens (tertiary/aromatic N) is 1. The van der Waals surface area contributed by atoms with E-state index in [9.17, 15) is 0 Å². The Balaban J connectivity index is 2.52. The smallest absolute Gasteiger partial charge is 0.0171 e. The maximum atomic E-state index is 2.53. The highest BCUT2D eigenvalue weighted by molar-refractivity contribution is 5.07. The zero-order valence-corrected chi connectivity index (χ0v) is 8.85. The topological polar surface area (TPSA) is 3.24 Å². The molecule has 1 aliphatic rings. The van der Waals surface area contributed by atoms with Crippen molar-refractivity contribution in [2.45, 2.75) is 46.1 Å². The van der Waals surface area contributed by atoms with E-state index in [2.05, 4.69) is 38.7 Å². The van der Waals surface area contributed by atoms with Crippen LogP contribution in [0.2, 0.25) is 0 Å². The van der Waals surface area contributed by atoms with Gasteiger partial charge in [0.15, 0.2) is 0 Å². The van der Waals surface area contributed by atoms with Gasteiger partial charge in [0.1, 0.15) is 0 Å². The first-order valence-electron chi connectivity index (χ1n) is 4.97. The molecule has 0 unspecified atom stereocenters. The second-order valence-corrected chi connectivity index (χ2v) is 4.58. The summed E-state index contributed by atoms with van der Waals surface area (Å²) < 4.78 is 0. The Morgan fingerprint density at radius 2 is 2.08 bits per heavy atom. The third-order valence-corrected chi connectivity index (χ3v) is 2.71. The fraction of sp³-hybridized carbons (Fsp3) is 0.818. The van der Waals surface area contributed by atoms with Crippen molar-refractivity contribution in [2.24, 2.45) is 0 Å². The monoisotopic (exact) mass is 167 g/mol. The Bertz CT molecular complexity index is 174. The lowest BCUT2D eigenvalue weighted by atomic mass is 9.99. The summed E-state index contributed by atoms with van der Waals surface area (Å²) in [5, 5.41) is 0. The van der Waals surface area contributed by atoms with Gasteiger partial charge >= 0.3 is 0 Å². The highest BCUT2D eigenvalue weighted by Crippen LogP contribution is 2.20. The number of rotatable bonds is 1. The van der Waals surface area contributed by atoms with E-state index in [1.165, 1.54) is 19.4 Å². The average Bonchev–Trinajstić information content (AvgIpc) is 2.03. The van der Waals surface area contributed by atoms with E-state index >= 15 is 0 Å². The van der Waals surface area contributed by atoms with Crippen LogP contribution in [0.3, 0.4) is 0 Å². The van der Waals surface area contributed by atoms with E-state index in [4.69, 9.17) is 0 Å². The molecule has 1 nitrogen and oxygen atoms in total. The van der Waals surface area contributed by atoms with Crippen molar-refractivity contribution in [1.29, 1.82) is 0 Å². The highest BCUT2D eigenvalue weighted by Gasteiger charge is 2.22. The fourth-order valence-electron chi connectivity index (χ4n) is 1.64. The van der Waals surface area contributed by atoms with Gasteiger partial charge in [0, 0.05) is 18.6 Å². The summed E-state index contributed by atoms with van der Waals surface area (Å²) >= 11 is 0. The van der Waals surface area contributed by atoms with E-state index in [1.807, 2.05) is 0 Å². The molecule has 0 fully saturated rings. The van der Waals surface area contributed by atoms with Crippen LogP contribution in [0.25, 0.3) is 0 Å². The van der Waals surface area contributed by atoms with Crippen LogP contribution in [-0.2, 0) is 0 Å². The van der Waals surface area contributed by atoms with E-state index < -0.39 is 0 Å². The minimum Gasteiger partial charge on any atom is -0.295 e. The summed E-state index contributed by atoms with van der Waals surface area (Å²) in [4.78, 5) is 2.53. The van der Waals surface area contributed by atoms with E-state index in [-0.39, 0.29) is 0 Å². The first kappa shape index (κ1) is 9.79. The summed E-state index contributed by atoms with van der Waals surface area (Å²) in [5.41, 5.74) is 1.98. The van der Waals surface area contributed by atoms with Crippen molar-refractivity contribution in [1.82, 2.24) is 4.90 Å². The standard InChI is InChI=1S/C11H21N/c1-5-10-6-8-12(9-7-10)11(2,3)4/h6H,5,7-9H2,1-4H3. The zero-order chi connectivity index (χ0) is 9.19. The highest BCUT2D eigenvalue weighted by atomic mass is 15.2. The molecule has 0 aromatic heterocycles. The quantitative estimate of drug-likeness (QED) is 0.543. The van der Waals surface area contributed by atoms with Crippen LogP contribution in [0, 0.1) is 0 Å². The molecular formula is C11H21N. The SMILES string of the molecule is CCC1=CCN(C(C)(C)C)CC1. The second kappa shape index (κ2) is 3.61. The van der Waals surface area contributed by atoms with Gasteiger partial charge in [-0.3, -0.25) is 4.90 Å². The van der Waals surface area contributed by atoms with Crippen molar-refractivity contribution >= 4 is 0 Å². The van der Waals surface area contributed by atoms with Crippen molar-refractivity contribution in [3.05, 3.63) is 11.6 Å². The van der Waals surface area contributed by atoms with Gasteiger partial charge in [0.25, 0.3) is 0 Å². The lowest BCUT2D eigenvalue weighted by molar-refractivity contribution is 0.148. The normalized spacial score (nSPS) is 20.8. The molecule has 1 heterocycles. The van der Waals surface area contributed by atoms with Crippen LogP contribution < -0.4 is 0 Å². The minimum absolute atomic E-state index is 0.343. The first-order valence-corrected chi connectivity index (χ1v) is 4.97. The summed E-state index contributed by atoms with van der Waals surface area (Å²) in [5.74, 6) is 0. The molecule has 0 atom stereocenters. The van der Waals surface area contributed by atoms with Gasteiger partial charge in [0.2, 0.25) is 0 Å². The predicted octanol–water partition coefficient (Wildman–Crippen LogP) is 2.83. The fourth-order valence-corrected chi connectivity index (χ4v) is 1.64. The maximum Gasteiger partial charge on any atom is 0.0171 e. The molecule has 0 saturated heterocycles. The molecule has 1 aliphatic heterocycles. The maximum absolute atomic E-state index is 2.53. The van der Waals surface area contributed by atoms with Gasteiger partial charge in [-0.15, -0.1) is 0 Å². The molecule has 1 rings (SSSR count). The lowest BCUT2D eigenvalue weighted by Gasteiger charge is -2.37. The summed E-state index contributed by atoms with van der Waals surface area (Å²) in [7, 11) is 0. The van der Waals surface area contributed by atoms with Crippen LogP contribution in [0.5, 0.6) is 0 Å². The molecule has 0 spiro atoms. The molecule has 12 heavy (non-hydrogen) atoms. The van der Waals surface area contributed by atoms with E-state index in [1.54, 1.807) is 5.57 Å². The second-order valence-electron chi connectivity index (χ2n) is 4.58.